The van der Waals surface area contributed by atoms with Crippen LogP contribution < -0.4 is 10.6 Å². The molecule has 0 aromatic carbocycles. The number of carboxylic acid groups (broad SMARTS) is 1. The van der Waals surface area contributed by atoms with Gasteiger partial charge in [0, 0.05) is 6.54 Å². The zero-order chi connectivity index (χ0) is 14.3. The third kappa shape index (κ3) is 5.49. The third-order valence-electron chi connectivity index (χ3n) is 4.11. The Morgan fingerprint density at radius 3 is 2.21 bits per heavy atom. The van der Waals surface area contributed by atoms with Crippen LogP contribution in [0.2, 0.25) is 0 Å². The number of carbonyl (C=O) groups excluding carboxylic acids is 1. The Bertz CT molecular complexity index is 299. The number of nitrogens with one attached hydrogen (secondary N) is 2. The van der Waals surface area contributed by atoms with Crippen LogP contribution in [0.15, 0.2) is 0 Å². The summed E-state index contributed by atoms with van der Waals surface area (Å²) in [6.07, 6.45) is 6.46. The first-order valence-corrected chi connectivity index (χ1v) is 7.33. The zero-order valence-electron chi connectivity index (χ0n) is 11.9. The lowest BCUT2D eigenvalue weighted by molar-refractivity contribution is -0.139. The predicted octanol–water partition coefficient (Wildman–Crippen LogP) is 2.37. The molecule has 0 aromatic rings. The first-order valence-electron chi connectivity index (χ1n) is 7.33. The third-order valence-corrected chi connectivity index (χ3v) is 4.11. The summed E-state index contributed by atoms with van der Waals surface area (Å²) in [5, 5.41) is 14.1. The molecule has 1 aliphatic carbocycles. The van der Waals surface area contributed by atoms with Gasteiger partial charge in [0.1, 0.15) is 6.04 Å². The lowest BCUT2D eigenvalue weighted by Gasteiger charge is -2.28. The molecule has 5 nitrogen and oxygen atoms in total. The highest BCUT2D eigenvalue weighted by molar-refractivity contribution is 5.82. The fourth-order valence-corrected chi connectivity index (χ4v) is 2.63. The van der Waals surface area contributed by atoms with E-state index in [4.69, 9.17) is 5.11 Å². The maximum atomic E-state index is 11.6. The average molecular weight is 270 g/mol. The fourth-order valence-electron chi connectivity index (χ4n) is 2.63. The van der Waals surface area contributed by atoms with E-state index in [1.807, 2.05) is 0 Å². The van der Waals surface area contributed by atoms with E-state index in [0.717, 1.165) is 18.8 Å². The topological polar surface area (TPSA) is 78.4 Å². The largest absolute Gasteiger partial charge is 0.480 e. The van der Waals surface area contributed by atoms with Crippen molar-refractivity contribution in [2.75, 3.05) is 6.54 Å². The van der Waals surface area contributed by atoms with Crippen LogP contribution in [0, 0.1) is 11.8 Å². The molecule has 1 fully saturated rings. The highest BCUT2D eigenvalue weighted by Crippen LogP contribution is 2.29. The van der Waals surface area contributed by atoms with Crippen LogP contribution in [0.5, 0.6) is 0 Å². The van der Waals surface area contributed by atoms with Crippen LogP contribution in [-0.4, -0.2) is 29.7 Å². The van der Waals surface area contributed by atoms with Crippen molar-refractivity contribution in [3.05, 3.63) is 0 Å². The molecule has 0 radical (unpaired) electrons. The van der Waals surface area contributed by atoms with Gasteiger partial charge in [0.2, 0.25) is 0 Å². The van der Waals surface area contributed by atoms with Gasteiger partial charge in [-0.2, -0.15) is 0 Å². The molecule has 1 saturated carbocycles. The maximum absolute atomic E-state index is 11.6. The second-order valence-corrected chi connectivity index (χ2v) is 5.45. The smallest absolute Gasteiger partial charge is 0.326 e. The van der Waals surface area contributed by atoms with Crippen molar-refractivity contribution in [3.8, 4) is 0 Å². The molecular formula is C14H26N2O3. The first-order chi connectivity index (χ1) is 9.06. The van der Waals surface area contributed by atoms with Gasteiger partial charge in [0.05, 0.1) is 0 Å². The molecule has 0 aliphatic heterocycles. The van der Waals surface area contributed by atoms with Crippen molar-refractivity contribution in [2.45, 2.75) is 58.4 Å². The molecule has 0 heterocycles. The van der Waals surface area contributed by atoms with Crippen LogP contribution in [0.1, 0.15) is 52.4 Å². The lowest BCUT2D eigenvalue weighted by atomic mass is 9.81. The van der Waals surface area contributed by atoms with Gasteiger partial charge in [-0.05, 0) is 31.1 Å². The molecule has 1 atom stereocenters. The summed E-state index contributed by atoms with van der Waals surface area (Å²) in [4.78, 5) is 22.4. The second kappa shape index (κ2) is 8.02. The van der Waals surface area contributed by atoms with Gasteiger partial charge in [-0.3, -0.25) is 0 Å². The van der Waals surface area contributed by atoms with E-state index >= 15 is 0 Å². The first kappa shape index (κ1) is 15.8. The molecule has 0 aromatic heterocycles. The molecule has 1 rings (SSSR count). The van der Waals surface area contributed by atoms with E-state index in [1.54, 1.807) is 6.92 Å². The van der Waals surface area contributed by atoms with E-state index in [2.05, 4.69) is 17.6 Å². The molecule has 0 bridgehead atoms. The highest BCUT2D eigenvalue weighted by Gasteiger charge is 2.21. The van der Waals surface area contributed by atoms with Gasteiger partial charge in [-0.1, -0.05) is 33.1 Å². The van der Waals surface area contributed by atoms with Gasteiger partial charge in [-0.25, -0.2) is 9.59 Å². The zero-order valence-corrected chi connectivity index (χ0v) is 11.9. The van der Waals surface area contributed by atoms with Crippen molar-refractivity contribution in [1.29, 1.82) is 0 Å². The van der Waals surface area contributed by atoms with Gasteiger partial charge >= 0.3 is 12.0 Å². The number of aliphatic carboxylic acids is 1. The van der Waals surface area contributed by atoms with Gasteiger partial charge in [-0.15, -0.1) is 0 Å². The number of carbonyl (C=O) groups is 2. The quantitative estimate of drug-likeness (QED) is 0.693. The average Bonchev–Trinajstić information content (AvgIpc) is 2.42. The van der Waals surface area contributed by atoms with E-state index in [-0.39, 0.29) is 6.03 Å². The second-order valence-electron chi connectivity index (χ2n) is 5.45. The molecule has 1 unspecified atom stereocenters. The fraction of sp³-hybridized carbons (Fsp3) is 0.857. The monoisotopic (exact) mass is 270 g/mol. The Morgan fingerprint density at radius 1 is 1.16 bits per heavy atom. The number of rotatable bonds is 6. The van der Waals surface area contributed by atoms with Crippen LogP contribution in [0.3, 0.4) is 0 Å². The number of hydrogen-bond acceptors (Lipinski definition) is 2. The minimum absolute atomic E-state index is 0.369. The Hall–Kier alpha value is -1.26. The molecule has 19 heavy (non-hydrogen) atoms. The van der Waals surface area contributed by atoms with Crippen molar-refractivity contribution >= 4 is 12.0 Å². The summed E-state index contributed by atoms with van der Waals surface area (Å²) >= 11 is 0. The van der Waals surface area contributed by atoms with Crippen molar-refractivity contribution < 1.29 is 14.7 Å². The van der Waals surface area contributed by atoms with E-state index in [0.29, 0.717) is 18.9 Å². The van der Waals surface area contributed by atoms with Crippen molar-refractivity contribution in [2.24, 2.45) is 11.8 Å². The van der Waals surface area contributed by atoms with E-state index in [9.17, 15) is 9.59 Å². The molecule has 0 saturated heterocycles. The molecule has 1 aliphatic rings. The Morgan fingerprint density at radius 2 is 1.74 bits per heavy atom. The molecule has 0 spiro atoms. The minimum Gasteiger partial charge on any atom is -0.480 e. The van der Waals surface area contributed by atoms with Gasteiger partial charge < -0.3 is 15.7 Å². The number of carboxylic acids is 1. The molecular weight excluding hydrogens is 244 g/mol. The van der Waals surface area contributed by atoms with Gasteiger partial charge in [0.15, 0.2) is 0 Å². The Labute approximate surface area is 115 Å². The lowest BCUT2D eigenvalue weighted by Crippen LogP contribution is -2.46. The molecule has 3 N–H and O–H groups in total. The van der Waals surface area contributed by atoms with E-state index in [1.165, 1.54) is 19.3 Å². The molecule has 110 valence electrons. The summed E-state index contributed by atoms with van der Waals surface area (Å²) < 4.78 is 0. The normalized spacial score (nSPS) is 24.5. The van der Waals surface area contributed by atoms with Crippen LogP contribution in [0.25, 0.3) is 0 Å². The number of amides is 2. The predicted molar refractivity (Wildman–Crippen MR) is 74.0 cm³/mol. The number of hydrogen-bond donors (Lipinski definition) is 3. The summed E-state index contributed by atoms with van der Waals surface area (Å²) in [6, 6.07) is -1.16. The maximum Gasteiger partial charge on any atom is 0.326 e. The molecule has 2 amide bonds. The van der Waals surface area contributed by atoms with Crippen LogP contribution in [0.4, 0.5) is 4.79 Å². The summed E-state index contributed by atoms with van der Waals surface area (Å²) in [5.41, 5.74) is 0. The minimum atomic E-state index is -0.985. The molecule has 5 heteroatoms. The summed E-state index contributed by atoms with van der Waals surface area (Å²) in [7, 11) is 0. The van der Waals surface area contributed by atoms with Crippen LogP contribution >= 0.6 is 0 Å². The summed E-state index contributed by atoms with van der Waals surface area (Å²) in [6.45, 7) is 4.62. The Balaban J connectivity index is 2.22. The van der Waals surface area contributed by atoms with E-state index < -0.39 is 12.0 Å². The van der Waals surface area contributed by atoms with Gasteiger partial charge in [0.25, 0.3) is 0 Å². The SMILES string of the molecule is CCC1CCC(CNC(=O)NC(CC)C(=O)O)CC1. The summed E-state index contributed by atoms with van der Waals surface area (Å²) in [5.74, 6) is 0.404. The van der Waals surface area contributed by atoms with Crippen molar-refractivity contribution in [1.82, 2.24) is 10.6 Å². The highest BCUT2D eigenvalue weighted by atomic mass is 16.4. The number of urea groups is 1. The Kier molecular flexibility index (Phi) is 6.67. The standard InChI is InChI=1S/C14H26N2O3/c1-3-10-5-7-11(8-6-10)9-15-14(19)16-12(4-2)13(17)18/h10-12H,3-9H2,1-2H3,(H,17,18)(H2,15,16,19). The van der Waals surface area contributed by atoms with Crippen molar-refractivity contribution in [3.63, 3.8) is 0 Å². The van der Waals surface area contributed by atoms with Crippen LogP contribution in [-0.2, 0) is 4.79 Å².